The lowest BCUT2D eigenvalue weighted by molar-refractivity contribution is 0.0729. The van der Waals surface area contributed by atoms with Gasteiger partial charge in [0.25, 0.3) is 5.91 Å². The van der Waals surface area contributed by atoms with E-state index in [4.69, 9.17) is 14.6 Å². The molecule has 0 unspecified atom stereocenters. The monoisotopic (exact) mass is 869 g/mol. The van der Waals surface area contributed by atoms with Gasteiger partial charge in [0.05, 0.1) is 48.5 Å². The zero-order valence-electron chi connectivity index (χ0n) is 36.0. The Morgan fingerprint density at radius 3 is 2.48 bits per heavy atom. The van der Waals surface area contributed by atoms with Gasteiger partial charge in [0.15, 0.2) is 5.82 Å². The number of benzene rings is 2. The van der Waals surface area contributed by atoms with Crippen molar-refractivity contribution < 1.29 is 23.2 Å². The van der Waals surface area contributed by atoms with Crippen LogP contribution in [0, 0.1) is 25.6 Å². The molecule has 64 heavy (non-hydrogen) atoms. The Morgan fingerprint density at radius 2 is 1.75 bits per heavy atom. The maximum absolute atomic E-state index is 14.8. The quantitative estimate of drug-likeness (QED) is 0.174. The minimum absolute atomic E-state index is 0.164. The van der Waals surface area contributed by atoms with E-state index in [1.807, 2.05) is 35.1 Å². The van der Waals surface area contributed by atoms with Crippen LogP contribution >= 0.6 is 0 Å². The number of pyridine rings is 1. The highest BCUT2D eigenvalue weighted by Crippen LogP contribution is 2.44. The molecule has 11 rings (SSSR count). The number of carbonyl (C=O) groups is 1. The Labute approximate surface area is 365 Å². The number of fused-ring (bicyclic) bond motifs is 3. The van der Waals surface area contributed by atoms with Crippen molar-refractivity contribution in [2.24, 2.45) is 5.92 Å². The van der Waals surface area contributed by atoms with Gasteiger partial charge in [-0.05, 0) is 104 Å². The first-order valence-electron chi connectivity index (χ1n) is 21.6. The second kappa shape index (κ2) is 16.7. The summed E-state index contributed by atoms with van der Waals surface area (Å²) in [6, 6.07) is 13.2. The van der Waals surface area contributed by atoms with Crippen LogP contribution in [-0.2, 0) is 29.0 Å². The lowest BCUT2D eigenvalue weighted by atomic mass is 9.92. The first-order chi connectivity index (χ1) is 31.0. The van der Waals surface area contributed by atoms with E-state index in [1.165, 1.54) is 0 Å². The SMILES string of the molecule is COCCn1ncc2cc(-n3ccn(-c4c5c(nn4-c4cc(C)c(F)c(C)c4)CCN(C(=O)c4cc6cc(C7CCOCC7)cnc6[nH]4)C5)c3=O)ccc21.C[C@H]1C[C@H]1c1noc(=O)[nH]1. The molecule has 3 aliphatic rings. The molecular weight excluding hydrogens is 822 g/mol. The molecule has 2 fully saturated rings. The van der Waals surface area contributed by atoms with Crippen molar-refractivity contribution in [3.05, 3.63) is 134 Å². The summed E-state index contributed by atoms with van der Waals surface area (Å²) in [6.07, 6.45) is 10.6. The normalized spacial score (nSPS) is 17.5. The third-order valence-corrected chi connectivity index (χ3v) is 12.7. The van der Waals surface area contributed by atoms with Crippen LogP contribution in [0.5, 0.6) is 0 Å². The number of carbonyl (C=O) groups excluding carboxylic acids is 1. The molecule has 17 nitrogen and oxygen atoms in total. The molecule has 1 saturated heterocycles. The van der Waals surface area contributed by atoms with E-state index in [-0.39, 0.29) is 24.0 Å². The summed E-state index contributed by atoms with van der Waals surface area (Å²) in [5.74, 6) is 1.79. The molecule has 2 N–H and O–H groups in total. The number of H-pyrrole nitrogens is 2. The highest BCUT2D eigenvalue weighted by Gasteiger charge is 2.37. The fourth-order valence-electron chi connectivity index (χ4n) is 9.00. The summed E-state index contributed by atoms with van der Waals surface area (Å²) < 4.78 is 36.7. The average molecular weight is 870 g/mol. The number of methoxy groups -OCH3 is 1. The van der Waals surface area contributed by atoms with E-state index >= 15 is 0 Å². The number of hydrogen-bond acceptors (Lipinski definition) is 10. The second-order valence-electron chi connectivity index (χ2n) is 17.0. The van der Waals surface area contributed by atoms with E-state index in [0.717, 1.165) is 65.6 Å². The van der Waals surface area contributed by atoms with Gasteiger partial charge < -0.3 is 19.4 Å². The number of ether oxygens (including phenoxy) is 2. The third kappa shape index (κ3) is 7.65. The number of hydrogen-bond donors (Lipinski definition) is 2. The number of nitrogens with zero attached hydrogens (tertiary/aromatic N) is 9. The van der Waals surface area contributed by atoms with E-state index in [9.17, 15) is 18.8 Å². The maximum atomic E-state index is 14.8. The third-order valence-electron chi connectivity index (χ3n) is 12.7. The highest BCUT2D eigenvalue weighted by molar-refractivity contribution is 5.97. The van der Waals surface area contributed by atoms with Gasteiger partial charge in [-0.25, -0.2) is 23.6 Å². The lowest BCUT2D eigenvalue weighted by Crippen LogP contribution is -2.36. The molecule has 330 valence electrons. The summed E-state index contributed by atoms with van der Waals surface area (Å²) >= 11 is 0. The standard InChI is InChI=1S/C40H40FN9O4.C6H8N2O2/c1-24-16-31(17-25(2)36(24)41)50-38(48-11-10-47(40(48)52)30-4-5-35-29(19-30)22-43-49(35)12-15-53-3)32-23-46(9-6-33(32)45-50)39(51)34-20-27-18-28(21-42-37(27)44-34)26-7-13-54-14-8-26;1-3-2-4(3)5-7-6(9)10-8-5/h4-5,10-11,16-22,26H,6-9,12-15,23H2,1-3H3,(H,42,44);3-4H,2H2,1H3,(H,7,8,9)/t;3-,4+/m.0/s1. The predicted molar refractivity (Wildman–Crippen MR) is 234 cm³/mol. The van der Waals surface area contributed by atoms with Gasteiger partial charge in [0.2, 0.25) is 0 Å². The summed E-state index contributed by atoms with van der Waals surface area (Å²) in [7, 11) is 1.65. The summed E-state index contributed by atoms with van der Waals surface area (Å²) in [6.45, 7) is 8.84. The van der Waals surface area contributed by atoms with Gasteiger partial charge in [-0.2, -0.15) is 10.2 Å². The van der Waals surface area contributed by atoms with Gasteiger partial charge in [-0.15, -0.1) is 0 Å². The Kier molecular flexibility index (Phi) is 10.7. The molecule has 0 spiro atoms. The number of rotatable bonds is 9. The molecule has 1 saturated carbocycles. The van der Waals surface area contributed by atoms with E-state index in [1.54, 1.807) is 70.4 Å². The van der Waals surface area contributed by atoms with E-state index in [0.29, 0.717) is 89.4 Å². The van der Waals surface area contributed by atoms with Crippen LogP contribution in [0.2, 0.25) is 0 Å². The number of amides is 1. The van der Waals surface area contributed by atoms with E-state index in [2.05, 4.69) is 42.7 Å². The van der Waals surface area contributed by atoms with Gasteiger partial charge in [0.1, 0.15) is 23.0 Å². The number of halogens is 1. The predicted octanol–water partition coefficient (Wildman–Crippen LogP) is 6.02. The van der Waals surface area contributed by atoms with Crippen molar-refractivity contribution in [3.8, 4) is 17.2 Å². The average Bonchev–Trinajstić information content (AvgIpc) is 3.90. The number of aromatic nitrogens is 10. The Morgan fingerprint density at radius 1 is 0.969 bits per heavy atom. The summed E-state index contributed by atoms with van der Waals surface area (Å²) in [4.78, 5) is 51.2. The number of aromatic amines is 2. The summed E-state index contributed by atoms with van der Waals surface area (Å²) in [5.41, 5.74) is 6.66. The molecule has 6 aromatic heterocycles. The molecular formula is C46H48FN11O6. The van der Waals surface area contributed by atoms with Crippen molar-refractivity contribution in [3.63, 3.8) is 0 Å². The van der Waals surface area contributed by atoms with Crippen molar-refractivity contribution in [1.82, 2.24) is 53.7 Å². The van der Waals surface area contributed by atoms with Crippen molar-refractivity contribution >= 4 is 27.8 Å². The van der Waals surface area contributed by atoms with Gasteiger partial charge in [-0.1, -0.05) is 12.1 Å². The molecule has 0 radical (unpaired) electrons. The Hall–Kier alpha value is -6.92. The topological polar surface area (TPSA) is 189 Å². The fourth-order valence-corrected chi connectivity index (χ4v) is 9.00. The van der Waals surface area contributed by atoms with Crippen LogP contribution in [-0.4, -0.2) is 93.1 Å². The van der Waals surface area contributed by atoms with Crippen LogP contribution in [0.1, 0.15) is 82.3 Å². The van der Waals surface area contributed by atoms with Crippen molar-refractivity contribution in [2.45, 2.75) is 71.4 Å². The molecule has 8 heterocycles. The first-order valence-corrected chi connectivity index (χ1v) is 21.6. The summed E-state index contributed by atoms with van der Waals surface area (Å²) in [5, 5.41) is 14.9. The smallest absolute Gasteiger partial charge is 0.383 e. The Bertz CT molecular complexity index is 3140. The van der Waals surface area contributed by atoms with Crippen LogP contribution in [0.25, 0.3) is 39.1 Å². The maximum Gasteiger partial charge on any atom is 0.438 e. The number of nitrogens with one attached hydrogen (secondary N) is 2. The lowest BCUT2D eigenvalue weighted by Gasteiger charge is -2.26. The Balaban J connectivity index is 0.000000425. The van der Waals surface area contributed by atoms with Crippen molar-refractivity contribution in [1.29, 1.82) is 0 Å². The zero-order chi connectivity index (χ0) is 44.2. The fraction of sp³-hybridized carbons (Fsp3) is 0.370. The van der Waals surface area contributed by atoms with Crippen molar-refractivity contribution in [2.75, 3.05) is 33.5 Å². The number of aryl methyl sites for hydroxylation is 2. The molecule has 0 bridgehead atoms. The van der Waals surface area contributed by atoms with Crippen LogP contribution in [0.15, 0.2) is 81.4 Å². The molecule has 1 aliphatic carbocycles. The van der Waals surface area contributed by atoms with Gasteiger partial charge >= 0.3 is 11.4 Å². The highest BCUT2D eigenvalue weighted by atomic mass is 19.1. The molecule has 2 aromatic carbocycles. The minimum Gasteiger partial charge on any atom is -0.383 e. The molecule has 1 amide bonds. The molecule has 8 aromatic rings. The minimum atomic E-state index is -0.450. The van der Waals surface area contributed by atoms with Crippen LogP contribution in [0.3, 0.4) is 0 Å². The second-order valence-corrected chi connectivity index (χ2v) is 17.0. The van der Waals surface area contributed by atoms with Crippen LogP contribution < -0.4 is 11.4 Å². The molecule has 2 aliphatic heterocycles. The van der Waals surface area contributed by atoms with Crippen LogP contribution in [0.4, 0.5) is 4.39 Å². The van der Waals surface area contributed by atoms with Gasteiger partial charge in [0, 0.05) is 74.1 Å². The number of imidazole rings is 1. The first kappa shape index (κ1) is 41.1. The largest absolute Gasteiger partial charge is 0.438 e. The molecule has 18 heteroatoms. The molecule has 2 atom stereocenters. The van der Waals surface area contributed by atoms with Gasteiger partial charge in [-0.3, -0.25) is 28.1 Å². The zero-order valence-corrected chi connectivity index (χ0v) is 36.0. The van der Waals surface area contributed by atoms with E-state index < -0.39 is 5.76 Å².